The molecule has 1 N–H and O–H groups in total. The molecule has 0 unspecified atom stereocenters. The molecule has 3 aromatic rings. The summed E-state index contributed by atoms with van der Waals surface area (Å²) in [5, 5.41) is 0. The van der Waals surface area contributed by atoms with E-state index in [2.05, 4.69) is 15.0 Å². The number of benzene rings is 1. The SMILES string of the molecule is CC(=O)c1ccc(-c2nc3ncccc3[nH]2)cc1. The fraction of sp³-hybridized carbons (Fsp3) is 0.0714. The average Bonchev–Trinajstić information content (AvgIpc) is 2.82. The number of H-pyrrole nitrogens is 1. The number of imidazole rings is 1. The van der Waals surface area contributed by atoms with Crippen LogP contribution in [0.25, 0.3) is 22.6 Å². The Morgan fingerprint density at radius 2 is 1.94 bits per heavy atom. The van der Waals surface area contributed by atoms with E-state index in [0.29, 0.717) is 11.2 Å². The second kappa shape index (κ2) is 4.07. The number of ketones is 1. The summed E-state index contributed by atoms with van der Waals surface area (Å²) in [6.07, 6.45) is 1.71. The van der Waals surface area contributed by atoms with Gasteiger partial charge in [0, 0.05) is 17.3 Å². The van der Waals surface area contributed by atoms with Crippen LogP contribution in [0.5, 0.6) is 0 Å². The van der Waals surface area contributed by atoms with Crippen molar-refractivity contribution in [3.63, 3.8) is 0 Å². The molecule has 3 rings (SSSR count). The fourth-order valence-corrected chi connectivity index (χ4v) is 1.84. The maximum atomic E-state index is 11.2. The third-order valence-electron chi connectivity index (χ3n) is 2.82. The van der Waals surface area contributed by atoms with Gasteiger partial charge in [-0.05, 0) is 19.1 Å². The molecule has 2 aromatic heterocycles. The molecule has 4 nitrogen and oxygen atoms in total. The standard InChI is InChI=1S/C14H11N3O/c1-9(18)10-4-6-11(7-5-10)13-16-12-3-2-8-15-14(12)17-13/h2-8H,1H3,(H,15,16,17). The average molecular weight is 237 g/mol. The lowest BCUT2D eigenvalue weighted by atomic mass is 10.1. The Morgan fingerprint density at radius 3 is 2.61 bits per heavy atom. The molecular weight excluding hydrogens is 226 g/mol. The van der Waals surface area contributed by atoms with Crippen molar-refractivity contribution in [3.05, 3.63) is 48.2 Å². The third kappa shape index (κ3) is 1.78. The second-order valence-corrected chi connectivity index (χ2v) is 4.09. The van der Waals surface area contributed by atoms with E-state index in [-0.39, 0.29) is 5.78 Å². The quantitative estimate of drug-likeness (QED) is 0.697. The van der Waals surface area contributed by atoms with Gasteiger partial charge in [0.15, 0.2) is 11.4 Å². The molecule has 0 aliphatic carbocycles. The third-order valence-corrected chi connectivity index (χ3v) is 2.82. The summed E-state index contributed by atoms with van der Waals surface area (Å²) < 4.78 is 0. The summed E-state index contributed by atoms with van der Waals surface area (Å²) >= 11 is 0. The van der Waals surface area contributed by atoms with E-state index in [9.17, 15) is 4.79 Å². The van der Waals surface area contributed by atoms with Crippen molar-refractivity contribution < 1.29 is 4.79 Å². The Balaban J connectivity index is 2.06. The van der Waals surface area contributed by atoms with Gasteiger partial charge in [-0.2, -0.15) is 0 Å². The number of Topliss-reactive ketones (excluding diaryl/α,β-unsaturated/α-hetero) is 1. The summed E-state index contributed by atoms with van der Waals surface area (Å²) in [6.45, 7) is 1.56. The zero-order valence-electron chi connectivity index (χ0n) is 9.84. The number of hydrogen-bond acceptors (Lipinski definition) is 3. The van der Waals surface area contributed by atoms with E-state index >= 15 is 0 Å². The molecule has 0 bridgehead atoms. The molecule has 4 heteroatoms. The summed E-state index contributed by atoms with van der Waals surface area (Å²) in [4.78, 5) is 23.0. The van der Waals surface area contributed by atoms with Crippen LogP contribution in [0.1, 0.15) is 17.3 Å². The first kappa shape index (κ1) is 10.7. The Hall–Kier alpha value is -2.49. The minimum Gasteiger partial charge on any atom is -0.337 e. The number of carbonyl (C=O) groups excluding carboxylic acids is 1. The zero-order chi connectivity index (χ0) is 12.5. The molecule has 18 heavy (non-hydrogen) atoms. The molecule has 0 fully saturated rings. The highest BCUT2D eigenvalue weighted by molar-refractivity contribution is 5.94. The first-order valence-electron chi connectivity index (χ1n) is 5.66. The molecule has 0 radical (unpaired) electrons. The molecular formula is C14H11N3O. The lowest BCUT2D eigenvalue weighted by molar-refractivity contribution is 0.101. The number of pyridine rings is 1. The molecule has 0 spiro atoms. The van der Waals surface area contributed by atoms with Gasteiger partial charge in [-0.25, -0.2) is 9.97 Å². The van der Waals surface area contributed by atoms with E-state index in [0.717, 1.165) is 16.9 Å². The minimum atomic E-state index is 0.0628. The summed E-state index contributed by atoms with van der Waals surface area (Å²) in [7, 11) is 0. The van der Waals surface area contributed by atoms with E-state index < -0.39 is 0 Å². The maximum absolute atomic E-state index is 11.2. The van der Waals surface area contributed by atoms with Gasteiger partial charge in [-0.3, -0.25) is 4.79 Å². The van der Waals surface area contributed by atoms with Crippen LogP contribution in [0.2, 0.25) is 0 Å². The Bertz CT molecular complexity index is 680. The van der Waals surface area contributed by atoms with Crippen LogP contribution in [-0.4, -0.2) is 20.7 Å². The van der Waals surface area contributed by atoms with Crippen LogP contribution < -0.4 is 0 Å². The molecule has 0 saturated heterocycles. The predicted molar refractivity (Wildman–Crippen MR) is 69.3 cm³/mol. The van der Waals surface area contributed by atoms with E-state index in [1.807, 2.05) is 24.3 Å². The fourth-order valence-electron chi connectivity index (χ4n) is 1.84. The summed E-state index contributed by atoms with van der Waals surface area (Å²) in [5.74, 6) is 0.826. The molecule has 0 saturated carbocycles. The normalized spacial score (nSPS) is 10.7. The number of aromatic nitrogens is 3. The van der Waals surface area contributed by atoms with Gasteiger partial charge in [0.1, 0.15) is 5.82 Å². The van der Waals surface area contributed by atoms with Gasteiger partial charge in [0.25, 0.3) is 0 Å². The van der Waals surface area contributed by atoms with Crippen LogP contribution in [-0.2, 0) is 0 Å². The highest BCUT2D eigenvalue weighted by Gasteiger charge is 2.06. The van der Waals surface area contributed by atoms with Crippen LogP contribution in [0.4, 0.5) is 0 Å². The molecule has 0 aliphatic rings. The smallest absolute Gasteiger partial charge is 0.178 e. The number of aromatic amines is 1. The summed E-state index contributed by atoms with van der Waals surface area (Å²) in [6, 6.07) is 11.2. The van der Waals surface area contributed by atoms with E-state index in [1.165, 1.54) is 0 Å². The van der Waals surface area contributed by atoms with Gasteiger partial charge in [-0.15, -0.1) is 0 Å². The highest BCUT2D eigenvalue weighted by atomic mass is 16.1. The predicted octanol–water partition coefficient (Wildman–Crippen LogP) is 2.83. The number of carbonyl (C=O) groups is 1. The first-order chi connectivity index (χ1) is 8.74. The Morgan fingerprint density at radius 1 is 1.17 bits per heavy atom. The maximum Gasteiger partial charge on any atom is 0.178 e. The Labute approximate surface area is 104 Å². The van der Waals surface area contributed by atoms with Gasteiger partial charge >= 0.3 is 0 Å². The number of rotatable bonds is 2. The van der Waals surface area contributed by atoms with Crippen molar-refractivity contribution in [2.24, 2.45) is 0 Å². The van der Waals surface area contributed by atoms with Crippen molar-refractivity contribution in [3.8, 4) is 11.4 Å². The van der Waals surface area contributed by atoms with Crippen LogP contribution in [0, 0.1) is 0 Å². The molecule has 2 heterocycles. The van der Waals surface area contributed by atoms with Gasteiger partial charge in [-0.1, -0.05) is 24.3 Å². The number of nitrogens with zero attached hydrogens (tertiary/aromatic N) is 2. The van der Waals surface area contributed by atoms with Crippen LogP contribution >= 0.6 is 0 Å². The van der Waals surface area contributed by atoms with Gasteiger partial charge in [0.2, 0.25) is 0 Å². The lowest BCUT2D eigenvalue weighted by Crippen LogP contribution is -1.91. The monoisotopic (exact) mass is 237 g/mol. The number of hydrogen-bond donors (Lipinski definition) is 1. The van der Waals surface area contributed by atoms with Crippen molar-refractivity contribution in [2.45, 2.75) is 6.92 Å². The number of fused-ring (bicyclic) bond motifs is 1. The zero-order valence-corrected chi connectivity index (χ0v) is 9.84. The Kier molecular flexibility index (Phi) is 2.41. The molecule has 0 aliphatic heterocycles. The van der Waals surface area contributed by atoms with Crippen molar-refractivity contribution in [2.75, 3.05) is 0 Å². The summed E-state index contributed by atoms with van der Waals surface area (Å²) in [5.41, 5.74) is 3.25. The number of nitrogens with one attached hydrogen (secondary N) is 1. The van der Waals surface area contributed by atoms with Crippen LogP contribution in [0.15, 0.2) is 42.6 Å². The topological polar surface area (TPSA) is 58.6 Å². The van der Waals surface area contributed by atoms with Gasteiger partial charge < -0.3 is 4.98 Å². The highest BCUT2D eigenvalue weighted by Crippen LogP contribution is 2.19. The molecule has 88 valence electrons. The molecule has 0 atom stereocenters. The first-order valence-corrected chi connectivity index (χ1v) is 5.66. The van der Waals surface area contributed by atoms with E-state index in [1.54, 1.807) is 25.3 Å². The van der Waals surface area contributed by atoms with Crippen molar-refractivity contribution in [1.29, 1.82) is 0 Å². The van der Waals surface area contributed by atoms with Crippen molar-refractivity contribution >= 4 is 16.9 Å². The second-order valence-electron chi connectivity index (χ2n) is 4.09. The molecule has 0 amide bonds. The van der Waals surface area contributed by atoms with E-state index in [4.69, 9.17) is 0 Å². The van der Waals surface area contributed by atoms with Crippen LogP contribution in [0.3, 0.4) is 0 Å². The van der Waals surface area contributed by atoms with Crippen molar-refractivity contribution in [1.82, 2.24) is 15.0 Å². The lowest BCUT2D eigenvalue weighted by Gasteiger charge is -1.98. The van der Waals surface area contributed by atoms with Gasteiger partial charge in [0.05, 0.1) is 5.52 Å². The minimum absolute atomic E-state index is 0.0628. The largest absolute Gasteiger partial charge is 0.337 e. The molecule has 1 aromatic carbocycles.